The number of piperazine rings is 3. The van der Waals surface area contributed by atoms with E-state index in [9.17, 15) is 30.0 Å². The van der Waals surface area contributed by atoms with Crippen LogP contribution in [0.5, 0.6) is 0 Å². The average Bonchev–Trinajstić information content (AvgIpc) is 0.812. The molecule has 15 nitrogen and oxygen atoms in total. The highest BCUT2D eigenvalue weighted by molar-refractivity contribution is 5.96. The fourth-order valence-electron chi connectivity index (χ4n) is 14.4. The van der Waals surface area contributed by atoms with Gasteiger partial charge in [0.1, 0.15) is 17.7 Å². The fraction of sp³-hybridized carbons (Fsp3) is 0.427. The number of nitrogens with zero attached hydrogens (tertiary/aromatic N) is 9. The van der Waals surface area contributed by atoms with Crippen molar-refractivity contribution in [3.8, 4) is 12.1 Å². The van der Waals surface area contributed by atoms with Crippen molar-refractivity contribution in [2.75, 3.05) is 110 Å². The van der Waals surface area contributed by atoms with E-state index in [1.54, 1.807) is 4.90 Å². The maximum Gasteiger partial charge on any atom is 0.410 e. The number of ether oxygens (including phenoxy) is 1. The van der Waals surface area contributed by atoms with Crippen molar-refractivity contribution in [2.45, 2.75) is 131 Å². The Kier molecular flexibility index (Phi) is 27.1. The number of halogens is 1. The standard InChI is InChI=1S/C33H38N4O.C22H24N2O2.C16H24N2O2.C11H16N2.ClH/c1-24-19-25(2)31(33(38)36-17-18-37(26(3)23-36)30-10-5-4-6-11-30)21-29(24)20-27-13-15-35(16-14-27)32-12-8-7-9-28(32)22-34;1-15-11-16(2)20(22(25)26)13-19(15)12-17-7-9-24(10-8-17)21-6-4-3-5-18(21)14-23;1-13-12-17(15(19)20-16(2,3)4)10-11-18(13)14-8-6-5-7-9-14;1-10-9-12-7-8-13(10)11-5-3-2-4-6-11;/h4-12,19,21,26-27H,13-18,20,23H2,1-3H3;3-6,11,13,17H,7-10,12H2,1-2H3,(H,25,26);5-9,13H,10-12H2,1-4H3;2-6,10,12H,7-9H2,1H3;1H/t26-;;13-;10-;/m0.00./s1. The number of piperidine rings is 2. The Balaban J connectivity index is 0.000000178. The van der Waals surface area contributed by atoms with Crippen LogP contribution in [0.15, 0.2) is 164 Å². The molecule has 7 aromatic carbocycles. The number of nitriles is 2. The number of hydrogen-bond donors (Lipinski definition) is 2. The Morgan fingerprint density at radius 2 is 0.888 bits per heavy atom. The molecule has 5 aliphatic rings. The monoisotopic (exact) mass is 1340 g/mol. The third-order valence-electron chi connectivity index (χ3n) is 19.8. The first-order chi connectivity index (χ1) is 46.7. The Bertz CT molecular complexity index is 3820. The predicted molar refractivity (Wildman–Crippen MR) is 402 cm³/mol. The summed E-state index contributed by atoms with van der Waals surface area (Å²) in [5.41, 5.74) is 14.9. The van der Waals surface area contributed by atoms with Crippen LogP contribution < -0.4 is 29.8 Å². The number of carboxylic acid groups (broad SMARTS) is 1. The smallest absolute Gasteiger partial charge is 0.410 e. The van der Waals surface area contributed by atoms with E-state index in [4.69, 9.17) is 4.74 Å². The van der Waals surface area contributed by atoms with Crippen LogP contribution in [0.25, 0.3) is 0 Å². The average molecular weight is 1340 g/mol. The lowest BCUT2D eigenvalue weighted by molar-refractivity contribution is 0.0218. The van der Waals surface area contributed by atoms with Crippen molar-refractivity contribution in [1.82, 2.24) is 15.1 Å². The summed E-state index contributed by atoms with van der Waals surface area (Å²) in [6, 6.07) is 61.1. The minimum absolute atomic E-state index is 0. The van der Waals surface area contributed by atoms with E-state index in [0.29, 0.717) is 42.6 Å². The predicted octanol–water partition coefficient (Wildman–Crippen LogP) is 15.4. The van der Waals surface area contributed by atoms with Gasteiger partial charge in [-0.25, -0.2) is 9.59 Å². The third-order valence-corrected chi connectivity index (χ3v) is 19.8. The van der Waals surface area contributed by atoms with E-state index in [1.165, 1.54) is 33.8 Å². The van der Waals surface area contributed by atoms with Gasteiger partial charge in [0.05, 0.1) is 28.1 Å². The molecule has 0 saturated carbocycles. The van der Waals surface area contributed by atoms with E-state index in [0.717, 1.165) is 155 Å². The van der Waals surface area contributed by atoms with Crippen LogP contribution in [-0.4, -0.2) is 142 Å². The number of amides is 2. The van der Waals surface area contributed by atoms with Crippen LogP contribution in [0.4, 0.5) is 33.2 Å². The van der Waals surface area contributed by atoms with Crippen molar-refractivity contribution in [3.63, 3.8) is 0 Å². The largest absolute Gasteiger partial charge is 0.478 e. The van der Waals surface area contributed by atoms with Crippen LogP contribution >= 0.6 is 12.4 Å². The number of hydrogen-bond acceptors (Lipinski definition) is 12. The first-order valence-electron chi connectivity index (χ1n) is 35.0. The number of carboxylic acids is 1. The molecule has 3 atom stereocenters. The second-order valence-corrected chi connectivity index (χ2v) is 28.0. The van der Waals surface area contributed by atoms with Crippen LogP contribution in [0.1, 0.15) is 132 Å². The van der Waals surface area contributed by atoms with Gasteiger partial charge in [-0.15, -0.1) is 12.4 Å². The Hall–Kier alpha value is -9.02. The zero-order valence-corrected chi connectivity index (χ0v) is 60.2. The molecule has 0 bridgehead atoms. The molecule has 0 unspecified atom stereocenters. The lowest BCUT2D eigenvalue weighted by Crippen LogP contribution is -2.54. The van der Waals surface area contributed by atoms with Crippen molar-refractivity contribution in [3.05, 3.63) is 219 Å². The number of para-hydroxylation sites is 5. The fourth-order valence-corrected chi connectivity index (χ4v) is 14.4. The molecule has 5 heterocycles. The molecule has 0 aliphatic carbocycles. The van der Waals surface area contributed by atoms with Gasteiger partial charge in [-0.2, -0.15) is 10.5 Å². The highest BCUT2D eigenvalue weighted by Crippen LogP contribution is 2.33. The minimum Gasteiger partial charge on any atom is -0.478 e. The second kappa shape index (κ2) is 35.5. The molecule has 5 saturated heterocycles. The van der Waals surface area contributed by atoms with Crippen LogP contribution in [0, 0.1) is 62.2 Å². The topological polar surface area (TPSA) is 163 Å². The summed E-state index contributed by atoms with van der Waals surface area (Å²) < 4.78 is 5.43. The van der Waals surface area contributed by atoms with Gasteiger partial charge in [-0.3, -0.25) is 4.79 Å². The number of aryl methyl sites for hydroxylation is 4. The molecule has 0 aromatic heterocycles. The lowest BCUT2D eigenvalue weighted by Gasteiger charge is -2.41. The third kappa shape index (κ3) is 20.1. The molecule has 12 rings (SSSR count). The normalized spacial score (nSPS) is 18.2. The van der Waals surface area contributed by atoms with Crippen molar-refractivity contribution < 1.29 is 24.2 Å². The zero-order chi connectivity index (χ0) is 69.2. The lowest BCUT2D eigenvalue weighted by atomic mass is 9.86. The van der Waals surface area contributed by atoms with E-state index < -0.39 is 11.6 Å². The quantitative estimate of drug-likeness (QED) is 0.126. The van der Waals surface area contributed by atoms with Crippen molar-refractivity contribution in [1.29, 1.82) is 10.5 Å². The van der Waals surface area contributed by atoms with Gasteiger partial charge in [-0.1, -0.05) is 91.0 Å². The molecule has 7 aromatic rings. The molecule has 0 spiro atoms. The highest BCUT2D eigenvalue weighted by Gasteiger charge is 2.32. The van der Waals surface area contributed by atoms with Crippen LogP contribution in [0.3, 0.4) is 0 Å². The van der Waals surface area contributed by atoms with E-state index in [1.807, 2.05) is 111 Å². The first-order valence-corrected chi connectivity index (χ1v) is 35.0. The maximum absolute atomic E-state index is 13.7. The number of benzene rings is 7. The zero-order valence-electron chi connectivity index (χ0n) is 59.4. The Morgan fingerprint density at radius 3 is 1.30 bits per heavy atom. The molecule has 5 fully saturated rings. The number of carbonyl (C=O) groups excluding carboxylic acids is 2. The summed E-state index contributed by atoms with van der Waals surface area (Å²) in [4.78, 5) is 52.9. The van der Waals surface area contributed by atoms with Crippen molar-refractivity contribution >= 4 is 58.8 Å². The number of nitrogens with one attached hydrogen (secondary N) is 1. The summed E-state index contributed by atoms with van der Waals surface area (Å²) in [7, 11) is 0. The van der Waals surface area contributed by atoms with Gasteiger partial charge in [0.15, 0.2) is 0 Å². The van der Waals surface area contributed by atoms with Gasteiger partial charge in [0, 0.05) is 126 Å². The van der Waals surface area contributed by atoms with Gasteiger partial charge < -0.3 is 49.5 Å². The number of rotatable bonds is 11. The van der Waals surface area contributed by atoms with Crippen LogP contribution in [0.2, 0.25) is 0 Å². The summed E-state index contributed by atoms with van der Waals surface area (Å²) in [6.07, 6.45) is 5.99. The van der Waals surface area contributed by atoms with Crippen molar-refractivity contribution in [2.24, 2.45) is 11.8 Å². The SMILES string of the molecule is C[C@H]1CN(C(=O)OC(C)(C)C)CCN1c1ccccc1.C[C@H]1CNCCN1c1ccccc1.Cc1cc(C)c(C(=O)N2CCN(c3ccccc3)[C@@H](C)C2)cc1CC1CCN(c2ccccc2C#N)CC1.Cc1cc(C)c(C(=O)O)cc1CC1CCN(c2ccccc2C#N)CC1.Cl. The van der Waals surface area contributed by atoms with E-state index >= 15 is 0 Å². The molecule has 0 radical (unpaired) electrons. The van der Waals surface area contributed by atoms with Crippen LogP contribution in [-0.2, 0) is 17.6 Å². The summed E-state index contributed by atoms with van der Waals surface area (Å²) >= 11 is 0. The molecule has 5 aliphatic heterocycles. The summed E-state index contributed by atoms with van der Waals surface area (Å²) in [5, 5.41) is 31.5. The number of carbonyl (C=O) groups is 3. The van der Waals surface area contributed by atoms with Gasteiger partial charge >= 0.3 is 12.1 Å². The number of aromatic carboxylic acids is 1. The number of anilines is 5. The molecule has 518 valence electrons. The molecule has 16 heteroatoms. The van der Waals surface area contributed by atoms with Gasteiger partial charge in [0.2, 0.25) is 0 Å². The Morgan fingerprint density at radius 1 is 0.500 bits per heavy atom. The first kappa shape index (κ1) is 74.8. The van der Waals surface area contributed by atoms with E-state index in [2.05, 4.69) is 168 Å². The molecular weight excluding hydrogens is 1240 g/mol. The molecule has 98 heavy (non-hydrogen) atoms. The minimum atomic E-state index is -0.855. The highest BCUT2D eigenvalue weighted by atomic mass is 35.5. The summed E-state index contributed by atoms with van der Waals surface area (Å²) in [5.74, 6) is 0.431. The summed E-state index contributed by atoms with van der Waals surface area (Å²) in [6.45, 7) is 32.1. The molecular formula is C82H103ClN10O5. The van der Waals surface area contributed by atoms with Gasteiger partial charge in [-0.05, 0) is 226 Å². The molecule has 2 N–H and O–H groups in total. The Labute approximate surface area is 590 Å². The second-order valence-electron chi connectivity index (χ2n) is 28.0. The molecule has 2 amide bonds. The van der Waals surface area contributed by atoms with E-state index in [-0.39, 0.29) is 30.4 Å². The van der Waals surface area contributed by atoms with Gasteiger partial charge in [0.25, 0.3) is 5.91 Å². The maximum atomic E-state index is 13.7.